The van der Waals surface area contributed by atoms with E-state index in [-0.39, 0.29) is 18.4 Å². The van der Waals surface area contributed by atoms with Gasteiger partial charge >= 0.3 is 0 Å². The van der Waals surface area contributed by atoms with Gasteiger partial charge in [0.05, 0.1) is 10.9 Å². The van der Waals surface area contributed by atoms with Crippen LogP contribution in [0.2, 0.25) is 0 Å². The third-order valence-electron chi connectivity index (χ3n) is 3.94. The van der Waals surface area contributed by atoms with Gasteiger partial charge in [-0.25, -0.2) is 0 Å². The van der Waals surface area contributed by atoms with Crippen molar-refractivity contribution in [3.05, 3.63) is 23.4 Å². The Bertz CT molecular complexity index is 553. The summed E-state index contributed by atoms with van der Waals surface area (Å²) >= 11 is 1.63. The van der Waals surface area contributed by atoms with Crippen LogP contribution in [0.3, 0.4) is 0 Å². The zero-order chi connectivity index (χ0) is 14.7. The predicted octanol–water partition coefficient (Wildman–Crippen LogP) is 1.86. The molecule has 1 saturated heterocycles. The number of piperazine rings is 1. The standard InChI is InChI=1S/C14H21N5OS.ClH/c1-11(19-8-6-18(5-4-15)7-9-19)14-16-13(17-20-14)12-3-2-10-21-12;/h2-3,10-11H,4-9,15H2,1H3;1H. The summed E-state index contributed by atoms with van der Waals surface area (Å²) in [6.45, 7) is 7.95. The molecule has 0 amide bonds. The summed E-state index contributed by atoms with van der Waals surface area (Å²) in [4.78, 5) is 10.4. The second kappa shape index (κ2) is 8.03. The van der Waals surface area contributed by atoms with Gasteiger partial charge in [0.1, 0.15) is 0 Å². The maximum Gasteiger partial charge on any atom is 0.244 e. The average molecular weight is 344 g/mol. The summed E-state index contributed by atoms with van der Waals surface area (Å²) in [5.41, 5.74) is 5.61. The van der Waals surface area contributed by atoms with E-state index in [1.54, 1.807) is 11.3 Å². The summed E-state index contributed by atoms with van der Waals surface area (Å²) in [5, 5.41) is 6.11. The molecule has 3 heterocycles. The number of aromatic nitrogens is 2. The minimum absolute atomic E-state index is 0. The Kier molecular flexibility index (Phi) is 6.34. The van der Waals surface area contributed by atoms with Gasteiger partial charge in [-0.3, -0.25) is 9.80 Å². The number of rotatable bonds is 5. The summed E-state index contributed by atoms with van der Waals surface area (Å²) in [5.74, 6) is 1.39. The molecular formula is C14H22ClN5OS. The highest BCUT2D eigenvalue weighted by molar-refractivity contribution is 7.13. The first-order valence-corrected chi connectivity index (χ1v) is 8.20. The number of thiophene rings is 1. The number of hydrogen-bond donors (Lipinski definition) is 1. The smallest absolute Gasteiger partial charge is 0.244 e. The molecular weight excluding hydrogens is 322 g/mol. The molecule has 0 saturated carbocycles. The Hall–Kier alpha value is -0.990. The molecule has 3 rings (SSSR count). The largest absolute Gasteiger partial charge is 0.337 e. The molecule has 1 aliphatic heterocycles. The number of nitrogens with zero attached hydrogens (tertiary/aromatic N) is 4. The van der Waals surface area contributed by atoms with Crippen molar-refractivity contribution in [1.29, 1.82) is 0 Å². The second-order valence-electron chi connectivity index (χ2n) is 5.28. The normalized spacial score (nSPS) is 18.1. The third kappa shape index (κ3) is 3.85. The molecule has 0 spiro atoms. The highest BCUT2D eigenvalue weighted by Crippen LogP contribution is 2.25. The van der Waals surface area contributed by atoms with E-state index in [4.69, 9.17) is 10.3 Å². The highest BCUT2D eigenvalue weighted by Gasteiger charge is 2.25. The molecule has 0 aliphatic carbocycles. The van der Waals surface area contributed by atoms with Crippen molar-refractivity contribution in [2.45, 2.75) is 13.0 Å². The maximum absolute atomic E-state index is 5.61. The predicted molar refractivity (Wildman–Crippen MR) is 90.3 cm³/mol. The van der Waals surface area contributed by atoms with E-state index in [1.165, 1.54) is 0 Å². The number of halogens is 1. The summed E-state index contributed by atoms with van der Waals surface area (Å²) in [6.07, 6.45) is 0. The van der Waals surface area contributed by atoms with E-state index in [1.807, 2.05) is 17.5 Å². The fraction of sp³-hybridized carbons (Fsp3) is 0.571. The lowest BCUT2D eigenvalue weighted by Gasteiger charge is -2.36. The summed E-state index contributed by atoms with van der Waals surface area (Å²) in [6, 6.07) is 4.16. The molecule has 122 valence electrons. The van der Waals surface area contributed by atoms with Gasteiger partial charge in [0.15, 0.2) is 0 Å². The molecule has 2 aromatic heterocycles. The zero-order valence-electron chi connectivity index (χ0n) is 12.6. The first-order valence-electron chi connectivity index (χ1n) is 7.32. The molecule has 1 aliphatic rings. The molecule has 1 fully saturated rings. The Morgan fingerprint density at radius 1 is 1.36 bits per heavy atom. The van der Waals surface area contributed by atoms with Crippen LogP contribution in [0.25, 0.3) is 10.7 Å². The second-order valence-corrected chi connectivity index (χ2v) is 6.22. The zero-order valence-corrected chi connectivity index (χ0v) is 14.3. The number of nitrogens with two attached hydrogens (primary N) is 1. The van der Waals surface area contributed by atoms with Crippen LogP contribution in [0.5, 0.6) is 0 Å². The quantitative estimate of drug-likeness (QED) is 0.893. The van der Waals surface area contributed by atoms with E-state index >= 15 is 0 Å². The topological polar surface area (TPSA) is 71.4 Å². The average Bonchev–Trinajstić information content (AvgIpc) is 3.19. The van der Waals surface area contributed by atoms with Gasteiger partial charge in [0.25, 0.3) is 0 Å². The van der Waals surface area contributed by atoms with Gasteiger partial charge in [0.2, 0.25) is 11.7 Å². The van der Waals surface area contributed by atoms with Crippen molar-refractivity contribution in [3.63, 3.8) is 0 Å². The van der Waals surface area contributed by atoms with E-state index in [0.717, 1.165) is 44.1 Å². The first-order chi connectivity index (χ1) is 10.3. The number of hydrogen-bond acceptors (Lipinski definition) is 7. The minimum Gasteiger partial charge on any atom is -0.337 e. The Morgan fingerprint density at radius 3 is 2.77 bits per heavy atom. The van der Waals surface area contributed by atoms with Crippen LogP contribution in [0.1, 0.15) is 18.9 Å². The van der Waals surface area contributed by atoms with Crippen LogP contribution < -0.4 is 5.73 Å². The third-order valence-corrected chi connectivity index (χ3v) is 4.81. The van der Waals surface area contributed by atoms with Crippen molar-refractivity contribution in [3.8, 4) is 10.7 Å². The molecule has 0 aromatic carbocycles. The summed E-state index contributed by atoms with van der Waals surface area (Å²) < 4.78 is 5.45. The molecule has 22 heavy (non-hydrogen) atoms. The van der Waals surface area contributed by atoms with E-state index in [9.17, 15) is 0 Å². The molecule has 8 heteroatoms. The van der Waals surface area contributed by atoms with Crippen LogP contribution in [-0.2, 0) is 0 Å². The van der Waals surface area contributed by atoms with Crippen LogP contribution in [0.15, 0.2) is 22.0 Å². The van der Waals surface area contributed by atoms with Crippen molar-refractivity contribution in [1.82, 2.24) is 19.9 Å². The van der Waals surface area contributed by atoms with E-state index < -0.39 is 0 Å². The van der Waals surface area contributed by atoms with Crippen LogP contribution in [0.4, 0.5) is 0 Å². The van der Waals surface area contributed by atoms with Gasteiger partial charge < -0.3 is 10.3 Å². The van der Waals surface area contributed by atoms with E-state index in [0.29, 0.717) is 11.7 Å². The molecule has 6 nitrogen and oxygen atoms in total. The molecule has 2 aromatic rings. The monoisotopic (exact) mass is 343 g/mol. The fourth-order valence-electron chi connectivity index (χ4n) is 2.62. The highest BCUT2D eigenvalue weighted by atomic mass is 35.5. The van der Waals surface area contributed by atoms with Crippen molar-refractivity contribution in [2.75, 3.05) is 39.3 Å². The molecule has 1 unspecified atom stereocenters. The van der Waals surface area contributed by atoms with Gasteiger partial charge in [-0.1, -0.05) is 11.2 Å². The fourth-order valence-corrected chi connectivity index (χ4v) is 3.27. The minimum atomic E-state index is 0. The Morgan fingerprint density at radius 2 is 2.14 bits per heavy atom. The van der Waals surface area contributed by atoms with Gasteiger partial charge in [-0.15, -0.1) is 23.7 Å². The van der Waals surface area contributed by atoms with Crippen LogP contribution >= 0.6 is 23.7 Å². The molecule has 2 N–H and O–H groups in total. The lowest BCUT2D eigenvalue weighted by molar-refractivity contribution is 0.0901. The lowest BCUT2D eigenvalue weighted by Crippen LogP contribution is -2.48. The van der Waals surface area contributed by atoms with Gasteiger partial charge in [0, 0.05) is 39.3 Å². The molecule has 0 radical (unpaired) electrons. The maximum atomic E-state index is 5.61. The Labute approximate surface area is 140 Å². The van der Waals surface area contributed by atoms with Crippen LogP contribution in [-0.4, -0.2) is 59.2 Å². The summed E-state index contributed by atoms with van der Waals surface area (Å²) in [7, 11) is 0. The van der Waals surface area contributed by atoms with Crippen molar-refractivity contribution in [2.24, 2.45) is 5.73 Å². The van der Waals surface area contributed by atoms with Crippen LogP contribution in [0, 0.1) is 0 Å². The Balaban J connectivity index is 0.00000176. The lowest BCUT2D eigenvalue weighted by atomic mass is 10.2. The van der Waals surface area contributed by atoms with Crippen molar-refractivity contribution >= 4 is 23.7 Å². The SMILES string of the molecule is CC(c1nc(-c2cccs2)no1)N1CCN(CCN)CC1.Cl. The molecule has 1 atom stereocenters. The van der Waals surface area contributed by atoms with Crippen molar-refractivity contribution < 1.29 is 4.52 Å². The first kappa shape index (κ1) is 17.4. The molecule has 0 bridgehead atoms. The van der Waals surface area contributed by atoms with Gasteiger partial charge in [-0.05, 0) is 18.4 Å². The van der Waals surface area contributed by atoms with E-state index in [2.05, 4.69) is 26.9 Å². The van der Waals surface area contributed by atoms with Gasteiger partial charge in [-0.2, -0.15) is 4.98 Å².